The van der Waals surface area contributed by atoms with Gasteiger partial charge in [-0.3, -0.25) is 14.5 Å². The molecule has 0 spiro atoms. The third kappa shape index (κ3) is 4.22. The molecule has 2 aliphatic rings. The Morgan fingerprint density at radius 3 is 2.31 bits per heavy atom. The van der Waals surface area contributed by atoms with E-state index in [9.17, 15) is 49.5 Å². The van der Waals surface area contributed by atoms with E-state index in [-0.39, 0.29) is 16.8 Å². The summed E-state index contributed by atoms with van der Waals surface area (Å²) in [5, 5.41) is 11.0. The minimum atomic E-state index is -6.36. The van der Waals surface area contributed by atoms with Crippen molar-refractivity contribution in [2.24, 2.45) is 0 Å². The van der Waals surface area contributed by atoms with Gasteiger partial charge in [0.05, 0.1) is 17.3 Å². The maximum absolute atomic E-state index is 13.1. The molecule has 0 aliphatic carbocycles. The Morgan fingerprint density at radius 1 is 1.11 bits per heavy atom. The largest absolute Gasteiger partial charge is 0.573 e. The van der Waals surface area contributed by atoms with Gasteiger partial charge in [0.2, 0.25) is 0 Å². The lowest BCUT2D eigenvalue weighted by Crippen LogP contribution is -2.50. The van der Waals surface area contributed by atoms with Gasteiger partial charge in [0, 0.05) is 17.8 Å². The van der Waals surface area contributed by atoms with Crippen molar-refractivity contribution in [1.82, 2.24) is 4.68 Å². The summed E-state index contributed by atoms with van der Waals surface area (Å²) in [5.74, 6) is -4.30. The molecule has 1 N–H and O–H groups in total. The van der Waals surface area contributed by atoms with Crippen molar-refractivity contribution in [3.8, 4) is 22.8 Å². The molecule has 16 heteroatoms. The Balaban J connectivity index is 2.02. The fraction of sp³-hybridized carbons (Fsp3) is 0.400. The Labute approximate surface area is 198 Å². The summed E-state index contributed by atoms with van der Waals surface area (Å²) in [4.78, 5) is 24.0. The maximum atomic E-state index is 13.1. The predicted octanol–water partition coefficient (Wildman–Crippen LogP) is 3.91. The van der Waals surface area contributed by atoms with Crippen LogP contribution in [-0.4, -0.2) is 41.6 Å². The first-order valence-corrected chi connectivity index (χ1v) is 11.5. The average molecular weight is 542 g/mol. The van der Waals surface area contributed by atoms with Crippen LogP contribution in [0, 0.1) is 0 Å². The van der Waals surface area contributed by atoms with Crippen LogP contribution < -0.4 is 19.4 Å². The quantitative estimate of drug-likeness (QED) is 0.352. The summed E-state index contributed by atoms with van der Waals surface area (Å²) in [6.45, 7) is 3.51. The number of benzene rings is 1. The minimum absolute atomic E-state index is 0.0601. The van der Waals surface area contributed by atoms with Crippen LogP contribution in [0.5, 0.6) is 11.5 Å². The minimum Gasteiger partial charge on any atom is -0.477 e. The van der Waals surface area contributed by atoms with E-state index in [1.165, 1.54) is 4.68 Å². The number of rotatable bonds is 4. The van der Waals surface area contributed by atoms with Gasteiger partial charge in [0.25, 0.3) is 0 Å². The van der Waals surface area contributed by atoms with Crippen molar-refractivity contribution in [2.75, 3.05) is 5.01 Å². The Bertz CT molecular complexity index is 1430. The third-order valence-electron chi connectivity index (χ3n) is 5.90. The van der Waals surface area contributed by atoms with Crippen LogP contribution in [0.1, 0.15) is 48.7 Å². The van der Waals surface area contributed by atoms with Crippen LogP contribution in [0.3, 0.4) is 0 Å². The molecular weight excluding hydrogens is 526 g/mol. The molecule has 2 aliphatic heterocycles. The van der Waals surface area contributed by atoms with Crippen LogP contribution in [0.15, 0.2) is 29.2 Å². The predicted molar refractivity (Wildman–Crippen MR) is 110 cm³/mol. The second kappa shape index (κ2) is 7.78. The van der Waals surface area contributed by atoms with Gasteiger partial charge in [-0.05, 0) is 44.4 Å². The zero-order valence-electron chi connectivity index (χ0n) is 18.3. The number of carboxylic acids is 1. The highest BCUT2D eigenvalue weighted by atomic mass is 32.2. The summed E-state index contributed by atoms with van der Waals surface area (Å²) >= 11 is 0. The molecule has 0 unspecified atom stereocenters. The van der Waals surface area contributed by atoms with Gasteiger partial charge in [0.1, 0.15) is 5.56 Å². The molecule has 3 heterocycles. The summed E-state index contributed by atoms with van der Waals surface area (Å²) in [7, 11) is -6.36. The number of alkyl halides is 6. The number of hydrogen-bond acceptors (Lipinski definition) is 7. The zero-order chi connectivity index (χ0) is 27.0. The van der Waals surface area contributed by atoms with Gasteiger partial charge >= 0.3 is 28.0 Å². The van der Waals surface area contributed by atoms with E-state index in [0.717, 1.165) is 12.3 Å². The van der Waals surface area contributed by atoms with Crippen LogP contribution in [0.2, 0.25) is 0 Å². The first-order chi connectivity index (χ1) is 16.3. The van der Waals surface area contributed by atoms with Crippen molar-refractivity contribution < 1.29 is 53.6 Å². The molecular formula is C20H16F6N2O7S. The number of aromatic carboxylic acids is 1. The molecule has 1 fully saturated rings. The molecule has 1 aromatic carbocycles. The summed E-state index contributed by atoms with van der Waals surface area (Å²) in [6, 6.07) is 1.41. The summed E-state index contributed by atoms with van der Waals surface area (Å²) < 4.78 is 110. The van der Waals surface area contributed by atoms with Gasteiger partial charge in [0.15, 0.2) is 16.9 Å². The molecule has 0 bridgehead atoms. The Hall–Kier alpha value is -3.43. The van der Waals surface area contributed by atoms with Gasteiger partial charge in [-0.25, -0.2) is 4.79 Å². The molecule has 0 amide bonds. The average Bonchev–Trinajstić information content (AvgIpc) is 3.01. The van der Waals surface area contributed by atoms with Crippen LogP contribution >= 0.6 is 0 Å². The SMILES string of the molecule is CC1(C)CC[C@@H]2c3cc(OS(=O)(=O)C(F)(F)F)c(OC(F)(F)F)cc3-c3cc(=O)c(C(=O)O)cn3N21. The highest BCUT2D eigenvalue weighted by Crippen LogP contribution is 2.51. The highest BCUT2D eigenvalue weighted by molar-refractivity contribution is 7.88. The third-order valence-corrected chi connectivity index (χ3v) is 6.86. The maximum Gasteiger partial charge on any atom is 0.573 e. The van der Waals surface area contributed by atoms with Gasteiger partial charge in [-0.15, -0.1) is 13.2 Å². The summed E-state index contributed by atoms with van der Waals surface area (Å²) in [5.41, 5.74) is -8.37. The topological polar surface area (TPSA) is 115 Å². The molecule has 0 radical (unpaired) electrons. The number of aromatic nitrogens is 1. The number of halogens is 6. The molecule has 1 atom stereocenters. The lowest BCUT2D eigenvalue weighted by Gasteiger charge is -2.44. The van der Waals surface area contributed by atoms with E-state index < -0.39 is 62.0 Å². The molecule has 1 aromatic heterocycles. The highest BCUT2D eigenvalue weighted by Gasteiger charge is 2.50. The van der Waals surface area contributed by atoms with Gasteiger partial charge < -0.3 is 14.0 Å². The van der Waals surface area contributed by atoms with E-state index in [1.54, 1.807) is 18.9 Å². The molecule has 4 rings (SSSR count). The fourth-order valence-corrected chi connectivity index (χ4v) is 4.91. The monoisotopic (exact) mass is 542 g/mol. The van der Waals surface area contributed by atoms with Crippen LogP contribution in [0.4, 0.5) is 26.3 Å². The number of pyridine rings is 1. The number of nitrogens with zero attached hydrogens (tertiary/aromatic N) is 2. The number of hydrogen-bond donors (Lipinski definition) is 1. The van der Waals surface area contributed by atoms with Crippen molar-refractivity contribution in [3.05, 3.63) is 45.7 Å². The molecule has 196 valence electrons. The number of ether oxygens (including phenoxy) is 1. The first-order valence-electron chi connectivity index (χ1n) is 10.1. The Kier molecular flexibility index (Phi) is 5.55. The standard InChI is InChI=1S/C20H16F6N2O7S/c1-18(2)4-3-12-9-6-16(35-36(32,33)20(24,25)26)15(34-19(21,22)23)5-10(9)13-7-14(29)11(17(30)31)8-27(13)28(12)18/h5-8,12H,3-4H2,1-2H3,(H,30,31)/t12-/m1/s1. The van der Waals surface area contributed by atoms with Crippen molar-refractivity contribution in [2.45, 2.75) is 50.1 Å². The zero-order valence-corrected chi connectivity index (χ0v) is 19.1. The molecule has 2 aromatic rings. The summed E-state index contributed by atoms with van der Waals surface area (Å²) in [6.07, 6.45) is -3.69. The normalized spacial score (nSPS) is 18.8. The van der Waals surface area contributed by atoms with E-state index in [2.05, 4.69) is 8.92 Å². The van der Waals surface area contributed by atoms with E-state index >= 15 is 0 Å². The number of carboxylic acid groups (broad SMARTS) is 1. The molecule has 0 saturated carbocycles. The number of fused-ring (bicyclic) bond motifs is 6. The van der Waals surface area contributed by atoms with E-state index in [1.807, 2.05) is 0 Å². The smallest absolute Gasteiger partial charge is 0.477 e. The fourth-order valence-electron chi connectivity index (χ4n) is 4.45. The second-order valence-electron chi connectivity index (χ2n) is 8.71. The molecule has 36 heavy (non-hydrogen) atoms. The molecule has 9 nitrogen and oxygen atoms in total. The van der Waals surface area contributed by atoms with Gasteiger partial charge in [-0.2, -0.15) is 21.6 Å². The second-order valence-corrected chi connectivity index (χ2v) is 10.3. The van der Waals surface area contributed by atoms with Crippen molar-refractivity contribution in [1.29, 1.82) is 0 Å². The van der Waals surface area contributed by atoms with E-state index in [0.29, 0.717) is 25.0 Å². The van der Waals surface area contributed by atoms with Crippen LogP contribution in [-0.2, 0) is 10.1 Å². The van der Waals surface area contributed by atoms with Crippen molar-refractivity contribution in [3.63, 3.8) is 0 Å². The first kappa shape index (κ1) is 25.7. The Morgan fingerprint density at radius 2 is 1.75 bits per heavy atom. The number of carbonyl (C=O) groups is 1. The van der Waals surface area contributed by atoms with Crippen LogP contribution in [0.25, 0.3) is 11.3 Å². The van der Waals surface area contributed by atoms with E-state index in [4.69, 9.17) is 0 Å². The lowest BCUT2D eigenvalue weighted by atomic mass is 9.93. The van der Waals surface area contributed by atoms with Gasteiger partial charge in [-0.1, -0.05) is 0 Å². The molecule has 1 saturated heterocycles. The lowest BCUT2D eigenvalue weighted by molar-refractivity contribution is -0.274. The van der Waals surface area contributed by atoms with Crippen molar-refractivity contribution >= 4 is 16.1 Å².